The summed E-state index contributed by atoms with van der Waals surface area (Å²) < 4.78 is 2.00. The Kier molecular flexibility index (Phi) is 5.11. The quantitative estimate of drug-likeness (QED) is 0.767. The topological polar surface area (TPSA) is 67.2 Å². The van der Waals surface area contributed by atoms with Crippen LogP contribution in [-0.4, -0.2) is 27.4 Å². The molecule has 0 unspecified atom stereocenters. The highest BCUT2D eigenvalue weighted by molar-refractivity contribution is 5.89. The van der Waals surface area contributed by atoms with Crippen molar-refractivity contribution in [1.82, 2.24) is 15.1 Å². The number of carboxylic acids is 1. The second-order valence-corrected chi connectivity index (χ2v) is 5.14. The van der Waals surface area contributed by atoms with Gasteiger partial charge in [-0.3, -0.25) is 4.68 Å². The van der Waals surface area contributed by atoms with Gasteiger partial charge in [0, 0.05) is 18.8 Å². The lowest BCUT2D eigenvalue weighted by molar-refractivity contribution is 0.0695. The van der Waals surface area contributed by atoms with Crippen LogP contribution in [0.25, 0.3) is 0 Å². The third-order valence-electron chi connectivity index (χ3n) is 3.39. The maximum absolute atomic E-state index is 11.1. The van der Waals surface area contributed by atoms with Gasteiger partial charge in [-0.25, -0.2) is 4.79 Å². The number of hydrogen-bond donors (Lipinski definition) is 2. The molecule has 5 nitrogen and oxygen atoms in total. The van der Waals surface area contributed by atoms with Crippen molar-refractivity contribution >= 4 is 5.97 Å². The van der Waals surface area contributed by atoms with Crippen LogP contribution in [-0.2, 0) is 13.1 Å². The fraction of sp³-hybridized carbons (Fsp3) is 0.375. The standard InChI is InChI=1S/C16H21N3O2/c1-12-10-13(2)19(18-12)9-5-8-17-11-14-6-3-4-7-15(14)16(20)21/h3-4,6-7,10,17H,5,8-9,11H2,1-2H3,(H,20,21). The summed E-state index contributed by atoms with van der Waals surface area (Å²) in [6.07, 6.45) is 0.956. The number of aryl methyl sites for hydroxylation is 3. The molecule has 0 saturated carbocycles. The molecule has 2 aromatic rings. The minimum Gasteiger partial charge on any atom is -0.478 e. The summed E-state index contributed by atoms with van der Waals surface area (Å²) in [6.45, 7) is 6.31. The molecule has 112 valence electrons. The molecule has 0 fully saturated rings. The molecule has 21 heavy (non-hydrogen) atoms. The van der Waals surface area contributed by atoms with E-state index in [2.05, 4.69) is 23.4 Å². The molecule has 2 N–H and O–H groups in total. The summed E-state index contributed by atoms with van der Waals surface area (Å²) >= 11 is 0. The van der Waals surface area contributed by atoms with Crippen molar-refractivity contribution in [2.45, 2.75) is 33.4 Å². The summed E-state index contributed by atoms with van der Waals surface area (Å²) in [5, 5.41) is 16.8. The van der Waals surface area contributed by atoms with Gasteiger partial charge in [0.05, 0.1) is 11.3 Å². The summed E-state index contributed by atoms with van der Waals surface area (Å²) in [6, 6.07) is 9.15. The van der Waals surface area contributed by atoms with Crippen LogP contribution in [0.3, 0.4) is 0 Å². The predicted octanol–water partition coefficient (Wildman–Crippen LogP) is 2.38. The third kappa shape index (κ3) is 4.16. The zero-order valence-corrected chi connectivity index (χ0v) is 12.5. The van der Waals surface area contributed by atoms with Gasteiger partial charge < -0.3 is 10.4 Å². The van der Waals surface area contributed by atoms with Gasteiger partial charge in [0.1, 0.15) is 0 Å². The monoisotopic (exact) mass is 287 g/mol. The zero-order valence-electron chi connectivity index (χ0n) is 12.5. The first kappa shape index (κ1) is 15.3. The number of rotatable bonds is 7. The highest BCUT2D eigenvalue weighted by Gasteiger charge is 2.08. The van der Waals surface area contributed by atoms with E-state index < -0.39 is 5.97 Å². The van der Waals surface area contributed by atoms with E-state index in [1.165, 1.54) is 5.69 Å². The van der Waals surface area contributed by atoms with E-state index in [-0.39, 0.29) is 0 Å². The fourth-order valence-electron chi connectivity index (χ4n) is 2.36. The number of carbonyl (C=O) groups is 1. The predicted molar refractivity (Wildman–Crippen MR) is 81.4 cm³/mol. The average molecular weight is 287 g/mol. The SMILES string of the molecule is Cc1cc(C)n(CCCNCc2ccccc2C(=O)O)n1. The van der Waals surface area contributed by atoms with Gasteiger partial charge >= 0.3 is 5.97 Å². The van der Waals surface area contributed by atoms with Gasteiger partial charge in [-0.1, -0.05) is 18.2 Å². The van der Waals surface area contributed by atoms with Crippen LogP contribution >= 0.6 is 0 Å². The number of nitrogens with one attached hydrogen (secondary N) is 1. The molecule has 1 aromatic heterocycles. The molecule has 5 heteroatoms. The van der Waals surface area contributed by atoms with Crippen molar-refractivity contribution in [3.8, 4) is 0 Å². The van der Waals surface area contributed by atoms with Crippen molar-refractivity contribution in [3.05, 3.63) is 52.8 Å². The molecule has 0 saturated heterocycles. The van der Waals surface area contributed by atoms with Gasteiger partial charge in [-0.05, 0) is 44.5 Å². The molecule has 0 atom stereocenters. The van der Waals surface area contributed by atoms with E-state index in [9.17, 15) is 4.79 Å². The van der Waals surface area contributed by atoms with Gasteiger partial charge in [0.2, 0.25) is 0 Å². The Bertz CT molecular complexity index is 620. The van der Waals surface area contributed by atoms with Crippen LogP contribution in [0.15, 0.2) is 30.3 Å². The summed E-state index contributed by atoms with van der Waals surface area (Å²) in [7, 11) is 0. The minimum atomic E-state index is -0.880. The second kappa shape index (κ2) is 7.04. The normalized spacial score (nSPS) is 10.8. The van der Waals surface area contributed by atoms with Crippen molar-refractivity contribution in [2.75, 3.05) is 6.54 Å². The lowest BCUT2D eigenvalue weighted by Gasteiger charge is -2.08. The summed E-state index contributed by atoms with van der Waals surface area (Å²) in [4.78, 5) is 11.1. The second-order valence-electron chi connectivity index (χ2n) is 5.14. The Balaban J connectivity index is 1.78. The smallest absolute Gasteiger partial charge is 0.336 e. The largest absolute Gasteiger partial charge is 0.478 e. The molecule has 2 rings (SSSR count). The molecule has 0 spiro atoms. The van der Waals surface area contributed by atoms with Gasteiger partial charge in [0.25, 0.3) is 0 Å². The van der Waals surface area contributed by atoms with Crippen molar-refractivity contribution < 1.29 is 9.90 Å². The first-order valence-corrected chi connectivity index (χ1v) is 7.11. The first-order valence-electron chi connectivity index (χ1n) is 7.11. The Labute approximate surface area is 124 Å². The maximum atomic E-state index is 11.1. The van der Waals surface area contributed by atoms with E-state index in [0.29, 0.717) is 12.1 Å². The Morgan fingerprint density at radius 2 is 2.10 bits per heavy atom. The number of aromatic nitrogens is 2. The number of aromatic carboxylic acids is 1. The van der Waals surface area contributed by atoms with E-state index in [0.717, 1.165) is 30.8 Å². The minimum absolute atomic E-state index is 0.364. The molecule has 1 heterocycles. The third-order valence-corrected chi connectivity index (χ3v) is 3.39. The molecule has 0 aliphatic carbocycles. The van der Waals surface area contributed by atoms with E-state index in [1.807, 2.05) is 23.7 Å². The molecule has 0 amide bonds. The lowest BCUT2D eigenvalue weighted by atomic mass is 10.1. The molecule has 0 aliphatic heterocycles. The highest BCUT2D eigenvalue weighted by atomic mass is 16.4. The van der Waals surface area contributed by atoms with Crippen LogP contribution in [0.2, 0.25) is 0 Å². The van der Waals surface area contributed by atoms with Crippen LogP contribution in [0.5, 0.6) is 0 Å². The van der Waals surface area contributed by atoms with Crippen molar-refractivity contribution in [1.29, 1.82) is 0 Å². The van der Waals surface area contributed by atoms with Gasteiger partial charge in [0.15, 0.2) is 0 Å². The number of benzene rings is 1. The van der Waals surface area contributed by atoms with Crippen molar-refractivity contribution in [3.63, 3.8) is 0 Å². The molecular formula is C16H21N3O2. The van der Waals surface area contributed by atoms with Crippen LogP contribution in [0, 0.1) is 13.8 Å². The highest BCUT2D eigenvalue weighted by Crippen LogP contribution is 2.08. The van der Waals surface area contributed by atoms with Crippen LogP contribution in [0.4, 0.5) is 0 Å². The Morgan fingerprint density at radius 3 is 2.76 bits per heavy atom. The van der Waals surface area contributed by atoms with Crippen LogP contribution < -0.4 is 5.32 Å². The molecule has 0 radical (unpaired) electrons. The Morgan fingerprint density at radius 1 is 1.33 bits per heavy atom. The van der Waals surface area contributed by atoms with E-state index in [4.69, 9.17) is 5.11 Å². The van der Waals surface area contributed by atoms with E-state index >= 15 is 0 Å². The number of nitrogens with zero attached hydrogens (tertiary/aromatic N) is 2. The fourth-order valence-corrected chi connectivity index (χ4v) is 2.36. The Hall–Kier alpha value is -2.14. The lowest BCUT2D eigenvalue weighted by Crippen LogP contribution is -2.18. The molecule has 1 aromatic carbocycles. The van der Waals surface area contributed by atoms with Gasteiger partial charge in [-0.15, -0.1) is 0 Å². The zero-order chi connectivity index (χ0) is 15.2. The first-order chi connectivity index (χ1) is 10.1. The molecular weight excluding hydrogens is 266 g/mol. The molecule has 0 bridgehead atoms. The number of carboxylic acid groups (broad SMARTS) is 1. The van der Waals surface area contributed by atoms with Crippen molar-refractivity contribution in [2.24, 2.45) is 0 Å². The van der Waals surface area contributed by atoms with E-state index in [1.54, 1.807) is 12.1 Å². The molecule has 0 aliphatic rings. The van der Waals surface area contributed by atoms with Crippen LogP contribution in [0.1, 0.15) is 33.7 Å². The van der Waals surface area contributed by atoms with Gasteiger partial charge in [-0.2, -0.15) is 5.10 Å². The number of hydrogen-bond acceptors (Lipinski definition) is 3. The maximum Gasteiger partial charge on any atom is 0.336 e. The average Bonchev–Trinajstić information content (AvgIpc) is 2.77. The summed E-state index contributed by atoms with van der Waals surface area (Å²) in [5.41, 5.74) is 3.39. The summed E-state index contributed by atoms with van der Waals surface area (Å²) in [5.74, 6) is -0.880.